The van der Waals surface area contributed by atoms with E-state index in [9.17, 15) is 9.59 Å². The van der Waals surface area contributed by atoms with E-state index in [1.165, 1.54) is 13.2 Å². The quantitative estimate of drug-likeness (QED) is 0.462. The van der Waals surface area contributed by atoms with Gasteiger partial charge in [-0.25, -0.2) is 16.7 Å². The van der Waals surface area contributed by atoms with Crippen LogP contribution in [-0.4, -0.2) is 37.9 Å². The third-order valence-corrected chi connectivity index (χ3v) is 6.24. The van der Waals surface area contributed by atoms with E-state index < -0.39 is 11.8 Å². The minimum atomic E-state index is -1.02. The number of hydrogen-bond donors (Lipinski definition) is 2. The molecule has 0 radical (unpaired) electrons. The van der Waals surface area contributed by atoms with Crippen molar-refractivity contribution in [1.29, 1.82) is 0 Å². The van der Waals surface area contributed by atoms with E-state index in [0.717, 1.165) is 5.56 Å². The minimum absolute atomic E-state index is 0.0862. The van der Waals surface area contributed by atoms with Crippen LogP contribution in [0.3, 0.4) is 0 Å². The number of amides is 2. The van der Waals surface area contributed by atoms with Gasteiger partial charge in [0, 0.05) is 24.8 Å². The lowest BCUT2D eigenvalue weighted by molar-refractivity contribution is 0.0925. The van der Waals surface area contributed by atoms with Gasteiger partial charge in [-0.05, 0) is 30.5 Å². The molecule has 7 nitrogen and oxygen atoms in total. The van der Waals surface area contributed by atoms with Crippen LogP contribution < -0.4 is 15.4 Å². The molecule has 33 heavy (non-hydrogen) atoms. The lowest BCUT2D eigenvalue weighted by Crippen LogP contribution is -2.53. The molecule has 0 unspecified atom stereocenters. The van der Waals surface area contributed by atoms with Gasteiger partial charge in [-0.3, -0.25) is 9.64 Å². The van der Waals surface area contributed by atoms with Gasteiger partial charge in [-0.1, -0.05) is 55.1 Å². The number of methoxy groups -OCH3 is 1. The molecule has 0 aliphatic heterocycles. The third-order valence-electron chi connectivity index (χ3n) is 6.24. The largest absolute Gasteiger partial charge is 0.496 e. The minimum Gasteiger partial charge on any atom is -0.496 e. The molecule has 0 atom stereocenters. The number of hydrogen-bond acceptors (Lipinski definition) is 4. The molecule has 1 fully saturated rings. The summed E-state index contributed by atoms with van der Waals surface area (Å²) in [5.41, 5.74) is 0.183. The van der Waals surface area contributed by atoms with Crippen LogP contribution in [0, 0.1) is 6.57 Å². The van der Waals surface area contributed by atoms with Crippen LogP contribution in [0.1, 0.15) is 41.6 Å². The molecule has 0 heterocycles. The lowest BCUT2D eigenvalue weighted by atomic mass is 9.66. The summed E-state index contributed by atoms with van der Waals surface area (Å²) in [6.45, 7) is 11.7. The lowest BCUT2D eigenvalue weighted by Gasteiger charge is -2.41. The topological polar surface area (TPSA) is 81.0 Å². The van der Waals surface area contributed by atoms with Gasteiger partial charge >= 0.3 is 11.8 Å². The highest BCUT2D eigenvalue weighted by Crippen LogP contribution is 2.43. The van der Waals surface area contributed by atoms with E-state index in [0.29, 0.717) is 43.5 Å². The van der Waals surface area contributed by atoms with E-state index in [4.69, 9.17) is 16.0 Å². The Morgan fingerprint density at radius 3 is 2.39 bits per heavy atom. The molecule has 1 aliphatic rings. The Morgan fingerprint density at radius 2 is 1.76 bits per heavy atom. The third kappa shape index (κ3) is 5.53. The number of nitrogens with zero attached hydrogens (tertiary/aromatic N) is 1. The zero-order chi connectivity index (χ0) is 23.7. The Labute approximate surface area is 194 Å². The summed E-state index contributed by atoms with van der Waals surface area (Å²) in [4.78, 5) is 28.8. The van der Waals surface area contributed by atoms with Crippen LogP contribution in [0.15, 0.2) is 67.3 Å². The smallest absolute Gasteiger partial charge is 0.413 e. The fraction of sp³-hybridized carbons (Fsp3) is 0.346. The maximum atomic E-state index is 12.9. The number of rotatable bonds is 8. The molecular weight excluding hydrogens is 418 g/mol. The van der Waals surface area contributed by atoms with Gasteiger partial charge in [0.15, 0.2) is 0 Å². The molecule has 172 valence electrons. The second-order valence-corrected chi connectivity index (χ2v) is 8.18. The van der Waals surface area contributed by atoms with Gasteiger partial charge in [0.25, 0.3) is 5.91 Å². The molecule has 2 amide bonds. The van der Waals surface area contributed by atoms with Gasteiger partial charge in [-0.15, -0.1) is 0 Å². The van der Waals surface area contributed by atoms with Crippen molar-refractivity contribution < 1.29 is 19.1 Å². The van der Waals surface area contributed by atoms with Crippen molar-refractivity contribution in [3.05, 3.63) is 89.8 Å². The summed E-state index contributed by atoms with van der Waals surface area (Å²) in [7, 11) is 1.54. The highest BCUT2D eigenvalue weighted by molar-refractivity contribution is 5.97. The summed E-state index contributed by atoms with van der Waals surface area (Å²) >= 11 is 0. The van der Waals surface area contributed by atoms with Crippen molar-refractivity contribution >= 4 is 12.0 Å². The molecule has 1 saturated carbocycles. The predicted octanol–water partition coefficient (Wildman–Crippen LogP) is 4.46. The molecule has 7 heteroatoms. The Hall–Kier alpha value is -3.79. The number of alkyl carbamates (subject to hydrolysis) is 1. The summed E-state index contributed by atoms with van der Waals surface area (Å²) in [6.07, 6.45) is 2.98. The average Bonchev–Trinajstić information content (AvgIpc) is 2.87. The first kappa shape index (κ1) is 23.9. The van der Waals surface area contributed by atoms with Crippen molar-refractivity contribution in [3.63, 3.8) is 0 Å². The number of carbonyl (C=O) groups is 2. The van der Waals surface area contributed by atoms with Crippen LogP contribution in [0.4, 0.5) is 4.79 Å². The molecule has 0 spiro atoms. The fourth-order valence-corrected chi connectivity index (χ4v) is 4.30. The normalized spacial score (nSPS) is 21.8. The summed E-state index contributed by atoms with van der Waals surface area (Å²) in [5, 5.41) is 5.82. The Morgan fingerprint density at radius 1 is 1.09 bits per heavy atom. The van der Waals surface area contributed by atoms with Crippen LogP contribution >= 0.6 is 0 Å². The monoisotopic (exact) mass is 447 g/mol. The SMILES string of the molecule is [C-]#[N+]C1(NC(=O)OCC=C)CCC(CNC(=O)c2ccccc2OC)(c2ccccc2)CC1. The second-order valence-electron chi connectivity index (χ2n) is 8.18. The predicted molar refractivity (Wildman–Crippen MR) is 126 cm³/mol. The molecule has 0 aromatic heterocycles. The van der Waals surface area contributed by atoms with Gasteiger partial charge in [0.1, 0.15) is 12.4 Å². The summed E-state index contributed by atoms with van der Waals surface area (Å²) in [6, 6.07) is 17.1. The first-order chi connectivity index (χ1) is 16.0. The Bertz CT molecular complexity index is 1020. The van der Waals surface area contributed by atoms with E-state index in [1.807, 2.05) is 36.4 Å². The van der Waals surface area contributed by atoms with Crippen molar-refractivity contribution in [2.45, 2.75) is 36.8 Å². The highest BCUT2D eigenvalue weighted by atomic mass is 16.5. The maximum absolute atomic E-state index is 12.9. The molecule has 0 bridgehead atoms. The van der Waals surface area contributed by atoms with Crippen molar-refractivity contribution in [2.24, 2.45) is 0 Å². The van der Waals surface area contributed by atoms with Crippen LogP contribution in [0.5, 0.6) is 5.75 Å². The Kier molecular flexibility index (Phi) is 7.73. The highest BCUT2D eigenvalue weighted by Gasteiger charge is 2.49. The number of nitrogens with one attached hydrogen (secondary N) is 2. The van der Waals surface area contributed by atoms with Crippen molar-refractivity contribution in [3.8, 4) is 5.75 Å². The summed E-state index contributed by atoms with van der Waals surface area (Å²) < 4.78 is 10.3. The van der Waals surface area contributed by atoms with E-state index in [2.05, 4.69) is 22.1 Å². The zero-order valence-electron chi connectivity index (χ0n) is 18.8. The molecule has 2 aromatic carbocycles. The molecule has 1 aliphatic carbocycles. The van der Waals surface area contributed by atoms with Gasteiger partial charge in [0.05, 0.1) is 12.7 Å². The van der Waals surface area contributed by atoms with E-state index in [-0.39, 0.29) is 17.9 Å². The molecule has 2 N–H and O–H groups in total. The van der Waals surface area contributed by atoms with Crippen molar-refractivity contribution in [1.82, 2.24) is 10.6 Å². The first-order valence-corrected chi connectivity index (χ1v) is 10.9. The van der Waals surface area contributed by atoms with Crippen LogP contribution in [0.2, 0.25) is 0 Å². The van der Waals surface area contributed by atoms with Gasteiger partial charge in [0.2, 0.25) is 0 Å². The van der Waals surface area contributed by atoms with Crippen LogP contribution in [0.25, 0.3) is 4.85 Å². The molecule has 3 rings (SSSR count). The zero-order valence-corrected chi connectivity index (χ0v) is 18.8. The van der Waals surface area contributed by atoms with E-state index >= 15 is 0 Å². The number of benzene rings is 2. The van der Waals surface area contributed by atoms with Gasteiger partial charge < -0.3 is 14.8 Å². The number of ether oxygens (including phenoxy) is 2. The maximum Gasteiger partial charge on any atom is 0.413 e. The molecular formula is C26H29N3O4. The second kappa shape index (κ2) is 10.7. The van der Waals surface area contributed by atoms with Gasteiger partial charge in [-0.2, -0.15) is 0 Å². The number of para-hydroxylation sites is 1. The van der Waals surface area contributed by atoms with E-state index in [1.54, 1.807) is 18.2 Å². The number of carbonyl (C=O) groups excluding carboxylic acids is 2. The standard InChI is InChI=1S/C26H29N3O4/c1-4-18-33-24(31)29-26(27-2)16-14-25(15-17-26,20-10-6-5-7-11-20)19-28-23(30)21-12-8-9-13-22(21)32-3/h4-13H,1,14-19H2,3H3,(H,28,30)(H,29,31). The molecule has 0 saturated heterocycles. The Balaban J connectivity index is 1.78. The first-order valence-electron chi connectivity index (χ1n) is 10.9. The van der Waals surface area contributed by atoms with Crippen molar-refractivity contribution in [2.75, 3.05) is 20.3 Å². The summed E-state index contributed by atoms with van der Waals surface area (Å²) in [5.74, 6) is 0.303. The van der Waals surface area contributed by atoms with Crippen LogP contribution in [-0.2, 0) is 10.2 Å². The average molecular weight is 448 g/mol. The molecule has 2 aromatic rings. The fourth-order valence-electron chi connectivity index (χ4n) is 4.30.